The Labute approximate surface area is 127 Å². The Morgan fingerprint density at radius 3 is 2.68 bits per heavy atom. The molecular formula is C17H13N3O2. The summed E-state index contributed by atoms with van der Waals surface area (Å²) >= 11 is 0. The molecule has 2 N–H and O–H groups in total. The van der Waals surface area contributed by atoms with E-state index in [2.05, 4.69) is 15.3 Å². The topological polar surface area (TPSA) is 75.1 Å². The number of anilines is 2. The quantitative estimate of drug-likeness (QED) is 0.768. The molecule has 5 nitrogen and oxygen atoms in total. The molecule has 1 aromatic carbocycles. The fraction of sp³-hybridized carbons (Fsp3) is 0. The minimum atomic E-state index is -0.958. The summed E-state index contributed by atoms with van der Waals surface area (Å²) in [5.41, 5.74) is 2.89. The molecule has 0 fully saturated rings. The van der Waals surface area contributed by atoms with Gasteiger partial charge in [0.2, 0.25) is 0 Å². The molecule has 0 aliphatic heterocycles. The van der Waals surface area contributed by atoms with Crippen LogP contribution in [0.25, 0.3) is 11.1 Å². The van der Waals surface area contributed by atoms with Gasteiger partial charge in [0.25, 0.3) is 0 Å². The lowest BCUT2D eigenvalue weighted by Crippen LogP contribution is -1.98. The number of nitrogens with one attached hydrogen (secondary N) is 1. The van der Waals surface area contributed by atoms with Crippen LogP contribution in [0.3, 0.4) is 0 Å². The first kappa shape index (κ1) is 13.8. The van der Waals surface area contributed by atoms with Gasteiger partial charge in [0.15, 0.2) is 0 Å². The second-order valence-electron chi connectivity index (χ2n) is 4.68. The third-order valence-electron chi connectivity index (χ3n) is 3.14. The second-order valence-corrected chi connectivity index (χ2v) is 4.68. The summed E-state index contributed by atoms with van der Waals surface area (Å²) in [4.78, 5) is 19.3. The van der Waals surface area contributed by atoms with E-state index in [1.165, 1.54) is 0 Å². The van der Waals surface area contributed by atoms with Gasteiger partial charge < -0.3 is 10.4 Å². The minimum absolute atomic E-state index is 0.230. The van der Waals surface area contributed by atoms with Crippen LogP contribution < -0.4 is 5.32 Å². The Balaban J connectivity index is 1.87. The normalized spacial score (nSPS) is 10.2. The van der Waals surface area contributed by atoms with Crippen LogP contribution in [0.1, 0.15) is 10.4 Å². The average molecular weight is 291 g/mol. The molecule has 2 aromatic heterocycles. The number of benzene rings is 1. The zero-order chi connectivity index (χ0) is 15.4. The van der Waals surface area contributed by atoms with Crippen LogP contribution >= 0.6 is 0 Å². The number of carbonyl (C=O) groups is 1. The van der Waals surface area contributed by atoms with E-state index in [1.807, 2.05) is 24.3 Å². The monoisotopic (exact) mass is 291 g/mol. The maximum atomic E-state index is 11.0. The summed E-state index contributed by atoms with van der Waals surface area (Å²) < 4.78 is 0. The molecule has 0 aliphatic rings. The molecule has 5 heteroatoms. The lowest BCUT2D eigenvalue weighted by Gasteiger charge is -2.08. The highest BCUT2D eigenvalue weighted by molar-refractivity contribution is 5.89. The van der Waals surface area contributed by atoms with Gasteiger partial charge in [-0.25, -0.2) is 9.78 Å². The van der Waals surface area contributed by atoms with Gasteiger partial charge in [-0.05, 0) is 42.0 Å². The number of aromatic carboxylic acids is 1. The van der Waals surface area contributed by atoms with E-state index in [0.717, 1.165) is 11.1 Å². The maximum absolute atomic E-state index is 11.0. The lowest BCUT2D eigenvalue weighted by molar-refractivity contribution is 0.0697. The van der Waals surface area contributed by atoms with E-state index in [0.29, 0.717) is 11.5 Å². The van der Waals surface area contributed by atoms with E-state index in [9.17, 15) is 4.79 Å². The molecule has 0 saturated heterocycles. The third kappa shape index (κ3) is 3.09. The Morgan fingerprint density at radius 2 is 1.91 bits per heavy atom. The Bertz CT molecular complexity index is 804. The Morgan fingerprint density at radius 1 is 1.00 bits per heavy atom. The molecule has 0 saturated carbocycles. The number of pyridine rings is 2. The first-order valence-corrected chi connectivity index (χ1v) is 6.69. The molecule has 0 amide bonds. The Kier molecular flexibility index (Phi) is 3.78. The summed E-state index contributed by atoms with van der Waals surface area (Å²) in [5.74, 6) is -0.315. The van der Waals surface area contributed by atoms with Crippen molar-refractivity contribution >= 4 is 17.5 Å². The second kappa shape index (κ2) is 6.05. The highest BCUT2D eigenvalue weighted by atomic mass is 16.4. The first-order valence-electron chi connectivity index (χ1n) is 6.69. The van der Waals surface area contributed by atoms with Gasteiger partial charge in [-0.3, -0.25) is 4.98 Å². The van der Waals surface area contributed by atoms with Crippen molar-refractivity contribution in [3.63, 3.8) is 0 Å². The van der Waals surface area contributed by atoms with Crippen LogP contribution in [0, 0.1) is 0 Å². The van der Waals surface area contributed by atoms with Crippen molar-refractivity contribution in [1.29, 1.82) is 0 Å². The number of carboxylic acid groups (broad SMARTS) is 1. The molecule has 0 spiro atoms. The highest BCUT2D eigenvalue weighted by Gasteiger charge is 2.05. The number of aromatic nitrogens is 2. The van der Waals surface area contributed by atoms with Crippen LogP contribution in [-0.2, 0) is 0 Å². The predicted octanol–water partition coefficient (Wildman–Crippen LogP) is 3.59. The summed E-state index contributed by atoms with van der Waals surface area (Å²) in [6, 6.07) is 14.2. The molecule has 3 aromatic rings. The Hall–Kier alpha value is -3.21. The number of nitrogens with zero attached hydrogens (tertiary/aromatic N) is 2. The SMILES string of the molecule is O=C(O)c1cccc(Nc2cc(-c3cccnc3)ccn2)c1. The van der Waals surface area contributed by atoms with Crippen molar-refractivity contribution in [3.05, 3.63) is 72.7 Å². The zero-order valence-electron chi connectivity index (χ0n) is 11.6. The van der Waals surface area contributed by atoms with E-state index < -0.39 is 5.97 Å². The van der Waals surface area contributed by atoms with Gasteiger partial charge in [-0.2, -0.15) is 0 Å². The van der Waals surface area contributed by atoms with E-state index in [1.54, 1.807) is 42.9 Å². The van der Waals surface area contributed by atoms with Crippen molar-refractivity contribution in [2.45, 2.75) is 0 Å². The van der Waals surface area contributed by atoms with E-state index in [-0.39, 0.29) is 5.56 Å². The van der Waals surface area contributed by atoms with Gasteiger partial charge in [0.05, 0.1) is 5.56 Å². The van der Waals surface area contributed by atoms with Crippen LogP contribution in [0.15, 0.2) is 67.1 Å². The van der Waals surface area contributed by atoms with Crippen LogP contribution in [0.5, 0.6) is 0 Å². The maximum Gasteiger partial charge on any atom is 0.335 e. The summed E-state index contributed by atoms with van der Waals surface area (Å²) in [5, 5.41) is 12.1. The highest BCUT2D eigenvalue weighted by Crippen LogP contribution is 2.22. The molecule has 22 heavy (non-hydrogen) atoms. The van der Waals surface area contributed by atoms with Gasteiger partial charge in [-0.1, -0.05) is 12.1 Å². The average Bonchev–Trinajstić information content (AvgIpc) is 2.56. The standard InChI is InChI=1S/C17H13N3O2/c21-17(22)13-3-1-5-15(9-13)20-16-10-12(6-8-19-16)14-4-2-7-18-11-14/h1-11H,(H,19,20)(H,21,22). The zero-order valence-corrected chi connectivity index (χ0v) is 11.6. The lowest BCUT2D eigenvalue weighted by atomic mass is 10.1. The van der Waals surface area contributed by atoms with Crippen molar-refractivity contribution in [2.75, 3.05) is 5.32 Å². The molecule has 2 heterocycles. The minimum Gasteiger partial charge on any atom is -0.478 e. The number of hydrogen-bond donors (Lipinski definition) is 2. The molecule has 108 valence electrons. The van der Waals surface area contributed by atoms with Crippen molar-refractivity contribution in [1.82, 2.24) is 9.97 Å². The van der Waals surface area contributed by atoms with Gasteiger partial charge in [0.1, 0.15) is 5.82 Å². The van der Waals surface area contributed by atoms with Gasteiger partial charge >= 0.3 is 5.97 Å². The summed E-state index contributed by atoms with van der Waals surface area (Å²) in [7, 11) is 0. The van der Waals surface area contributed by atoms with Gasteiger partial charge in [0, 0.05) is 29.8 Å². The molecule has 0 bridgehead atoms. The predicted molar refractivity (Wildman–Crippen MR) is 84.2 cm³/mol. The summed E-state index contributed by atoms with van der Waals surface area (Å²) in [6.07, 6.45) is 5.21. The number of rotatable bonds is 4. The molecule has 0 atom stereocenters. The molecule has 3 rings (SSSR count). The van der Waals surface area contributed by atoms with Crippen LogP contribution in [0.2, 0.25) is 0 Å². The smallest absolute Gasteiger partial charge is 0.335 e. The van der Waals surface area contributed by atoms with E-state index in [4.69, 9.17) is 5.11 Å². The molecule has 0 radical (unpaired) electrons. The van der Waals surface area contributed by atoms with Crippen LogP contribution in [-0.4, -0.2) is 21.0 Å². The van der Waals surface area contributed by atoms with Crippen molar-refractivity contribution in [3.8, 4) is 11.1 Å². The third-order valence-corrected chi connectivity index (χ3v) is 3.14. The van der Waals surface area contributed by atoms with Crippen LogP contribution in [0.4, 0.5) is 11.5 Å². The van der Waals surface area contributed by atoms with Gasteiger partial charge in [-0.15, -0.1) is 0 Å². The number of carboxylic acids is 1. The van der Waals surface area contributed by atoms with Crippen molar-refractivity contribution < 1.29 is 9.90 Å². The fourth-order valence-electron chi connectivity index (χ4n) is 2.09. The largest absolute Gasteiger partial charge is 0.478 e. The molecule has 0 unspecified atom stereocenters. The molecule has 0 aliphatic carbocycles. The summed E-state index contributed by atoms with van der Waals surface area (Å²) in [6.45, 7) is 0. The number of hydrogen-bond acceptors (Lipinski definition) is 4. The van der Waals surface area contributed by atoms with Crippen molar-refractivity contribution in [2.24, 2.45) is 0 Å². The fourth-order valence-corrected chi connectivity index (χ4v) is 2.09. The molecular weight excluding hydrogens is 278 g/mol. The van der Waals surface area contributed by atoms with E-state index >= 15 is 0 Å². The first-order chi connectivity index (χ1) is 10.7.